The minimum atomic E-state index is -0.920. The summed E-state index contributed by atoms with van der Waals surface area (Å²) in [5.41, 5.74) is 2.15. The van der Waals surface area contributed by atoms with E-state index in [-0.39, 0.29) is 26.9 Å². The first-order valence-corrected chi connectivity index (χ1v) is 12.0. The highest BCUT2D eigenvalue weighted by Gasteiger charge is 2.48. The number of hydrogen-bond donors (Lipinski definition) is 1. The van der Waals surface area contributed by atoms with Crippen LogP contribution in [0.25, 0.3) is 16.7 Å². The summed E-state index contributed by atoms with van der Waals surface area (Å²) >= 11 is 18.7. The van der Waals surface area contributed by atoms with E-state index >= 15 is 0 Å². The highest BCUT2D eigenvalue weighted by Crippen LogP contribution is 2.45. The van der Waals surface area contributed by atoms with Crippen LogP contribution in [0.1, 0.15) is 17.2 Å². The lowest BCUT2D eigenvalue weighted by atomic mass is 9.94. The number of aliphatic hydroxyl groups excluding tert-OH is 1. The molecule has 1 N–H and O–H groups in total. The van der Waals surface area contributed by atoms with E-state index in [4.69, 9.17) is 39.5 Å². The molecule has 0 aliphatic carbocycles. The molecule has 3 aromatic carbocycles. The maximum Gasteiger partial charge on any atom is 0.300 e. The number of halogens is 3. The number of benzene rings is 3. The molecule has 1 amide bonds. The number of nitrogens with zero attached hydrogens (tertiary/aromatic N) is 2. The number of amides is 1. The number of methoxy groups -OCH3 is 1. The molecular weight excluding hydrogens is 523 g/mol. The van der Waals surface area contributed by atoms with Gasteiger partial charge in [0.15, 0.2) is 5.75 Å². The summed E-state index contributed by atoms with van der Waals surface area (Å²) in [4.78, 5) is 28.2. The van der Waals surface area contributed by atoms with Crippen LogP contribution in [0.2, 0.25) is 15.1 Å². The second kappa shape index (κ2) is 9.21. The Morgan fingerprint density at radius 2 is 1.61 bits per heavy atom. The lowest BCUT2D eigenvalue weighted by Crippen LogP contribution is -2.29. The molecule has 0 radical (unpaired) electrons. The number of ether oxygens (including phenoxy) is 1. The summed E-state index contributed by atoms with van der Waals surface area (Å²) in [5.74, 6) is -1.76. The van der Waals surface area contributed by atoms with Gasteiger partial charge in [-0.25, -0.2) is 0 Å². The first-order chi connectivity index (χ1) is 17.2. The SMILES string of the molecule is COc1c(Cl)cc(/C(O)=C2\C(=O)C(=O)N(c3ccc(Cl)cc3)C2c2cn(C)c3ccccc23)cc1Cl. The van der Waals surface area contributed by atoms with Crippen molar-refractivity contribution in [2.24, 2.45) is 7.05 Å². The van der Waals surface area contributed by atoms with Gasteiger partial charge in [0.05, 0.1) is 28.8 Å². The van der Waals surface area contributed by atoms with Crippen molar-refractivity contribution < 1.29 is 19.4 Å². The van der Waals surface area contributed by atoms with Crippen LogP contribution < -0.4 is 9.64 Å². The molecule has 1 saturated heterocycles. The van der Waals surface area contributed by atoms with Gasteiger partial charge in [-0.3, -0.25) is 14.5 Å². The van der Waals surface area contributed by atoms with Crippen molar-refractivity contribution in [2.45, 2.75) is 6.04 Å². The Bertz CT molecular complexity index is 1550. The van der Waals surface area contributed by atoms with Gasteiger partial charge in [-0.15, -0.1) is 0 Å². The van der Waals surface area contributed by atoms with Crippen LogP contribution in [0, 0.1) is 0 Å². The van der Waals surface area contributed by atoms with Crippen molar-refractivity contribution in [3.63, 3.8) is 0 Å². The molecule has 5 rings (SSSR count). The van der Waals surface area contributed by atoms with E-state index in [9.17, 15) is 14.7 Å². The van der Waals surface area contributed by atoms with Crippen molar-refractivity contribution in [1.29, 1.82) is 0 Å². The zero-order valence-electron chi connectivity index (χ0n) is 19.1. The maximum atomic E-state index is 13.5. The largest absolute Gasteiger partial charge is 0.507 e. The molecule has 1 aromatic heterocycles. The van der Waals surface area contributed by atoms with Crippen LogP contribution in [0.3, 0.4) is 0 Å². The molecular formula is C27H19Cl3N2O4. The third kappa shape index (κ3) is 3.82. The van der Waals surface area contributed by atoms with Gasteiger partial charge in [0.2, 0.25) is 0 Å². The Labute approximate surface area is 221 Å². The number of aromatic nitrogens is 1. The van der Waals surface area contributed by atoms with Gasteiger partial charge < -0.3 is 14.4 Å². The van der Waals surface area contributed by atoms with Gasteiger partial charge in [-0.2, -0.15) is 0 Å². The lowest BCUT2D eigenvalue weighted by molar-refractivity contribution is -0.132. The zero-order valence-corrected chi connectivity index (χ0v) is 21.4. The van der Waals surface area contributed by atoms with Gasteiger partial charge >= 0.3 is 0 Å². The summed E-state index contributed by atoms with van der Waals surface area (Å²) in [7, 11) is 3.30. The Balaban J connectivity index is 1.80. The number of aryl methyl sites for hydroxylation is 1. The highest BCUT2D eigenvalue weighted by atomic mass is 35.5. The molecule has 1 fully saturated rings. The molecule has 2 heterocycles. The van der Waals surface area contributed by atoms with Crippen molar-refractivity contribution in [3.05, 3.63) is 98.6 Å². The molecule has 182 valence electrons. The number of fused-ring (bicyclic) bond motifs is 1. The molecule has 0 bridgehead atoms. The van der Waals surface area contributed by atoms with E-state index in [2.05, 4.69) is 0 Å². The second-order valence-corrected chi connectivity index (χ2v) is 9.58. The first kappa shape index (κ1) is 24.3. The minimum Gasteiger partial charge on any atom is -0.507 e. The van der Waals surface area contributed by atoms with E-state index < -0.39 is 23.5 Å². The zero-order chi connectivity index (χ0) is 25.7. The van der Waals surface area contributed by atoms with Crippen LogP contribution >= 0.6 is 34.8 Å². The minimum absolute atomic E-state index is 0.0800. The number of carbonyl (C=O) groups is 2. The van der Waals surface area contributed by atoms with Gasteiger partial charge in [-0.05, 0) is 42.5 Å². The van der Waals surface area contributed by atoms with E-state index in [0.29, 0.717) is 16.3 Å². The van der Waals surface area contributed by atoms with Crippen LogP contribution in [-0.2, 0) is 16.6 Å². The maximum absolute atomic E-state index is 13.5. The first-order valence-electron chi connectivity index (χ1n) is 10.9. The molecule has 4 aromatic rings. The lowest BCUT2D eigenvalue weighted by Gasteiger charge is -2.25. The predicted molar refractivity (Wildman–Crippen MR) is 142 cm³/mol. The molecule has 36 heavy (non-hydrogen) atoms. The van der Waals surface area contributed by atoms with Crippen LogP contribution in [0.15, 0.2) is 72.4 Å². The van der Waals surface area contributed by atoms with Crippen molar-refractivity contribution in [1.82, 2.24) is 4.57 Å². The molecule has 1 aliphatic heterocycles. The number of hydrogen-bond acceptors (Lipinski definition) is 4. The molecule has 0 saturated carbocycles. The van der Waals surface area contributed by atoms with Crippen molar-refractivity contribution in [2.75, 3.05) is 12.0 Å². The fourth-order valence-electron chi connectivity index (χ4n) is 4.63. The Hall–Kier alpha value is -3.45. The molecule has 6 nitrogen and oxygen atoms in total. The van der Waals surface area contributed by atoms with E-state index in [1.54, 1.807) is 24.3 Å². The van der Waals surface area contributed by atoms with E-state index in [1.165, 1.54) is 24.1 Å². The van der Waals surface area contributed by atoms with Crippen molar-refractivity contribution >= 4 is 68.8 Å². The summed E-state index contributed by atoms with van der Waals surface area (Å²) in [5, 5.41) is 13.1. The van der Waals surface area contributed by atoms with Crippen molar-refractivity contribution in [3.8, 4) is 5.75 Å². The number of para-hydroxylation sites is 1. The molecule has 1 unspecified atom stereocenters. The van der Waals surface area contributed by atoms with Gasteiger partial charge in [0.1, 0.15) is 5.76 Å². The monoisotopic (exact) mass is 540 g/mol. The van der Waals surface area contributed by atoms with Gasteiger partial charge in [-0.1, -0.05) is 53.0 Å². The van der Waals surface area contributed by atoms with Gasteiger partial charge in [0.25, 0.3) is 11.7 Å². The summed E-state index contributed by atoms with van der Waals surface area (Å²) in [6.45, 7) is 0. The average Bonchev–Trinajstić information content (AvgIpc) is 3.32. The van der Waals surface area contributed by atoms with Crippen LogP contribution in [0.4, 0.5) is 5.69 Å². The van der Waals surface area contributed by atoms with Gasteiger partial charge in [0, 0.05) is 46.0 Å². The number of carbonyl (C=O) groups excluding carboxylic acids is 2. The predicted octanol–water partition coefficient (Wildman–Crippen LogP) is 6.77. The quantitative estimate of drug-likeness (QED) is 0.176. The number of rotatable bonds is 4. The fourth-order valence-corrected chi connectivity index (χ4v) is 5.40. The third-order valence-corrected chi connectivity index (χ3v) is 7.06. The molecule has 9 heteroatoms. The molecule has 1 aliphatic rings. The number of anilines is 1. The van der Waals surface area contributed by atoms with Crippen LogP contribution in [0.5, 0.6) is 5.75 Å². The number of Topliss-reactive ketones (excluding diaryl/α,β-unsaturated/α-hetero) is 1. The Morgan fingerprint density at radius 3 is 2.25 bits per heavy atom. The van der Waals surface area contributed by atoms with E-state index in [0.717, 1.165) is 10.9 Å². The Morgan fingerprint density at radius 1 is 0.972 bits per heavy atom. The highest BCUT2D eigenvalue weighted by molar-refractivity contribution is 6.52. The summed E-state index contributed by atoms with van der Waals surface area (Å²) in [6, 6.07) is 16.2. The second-order valence-electron chi connectivity index (χ2n) is 8.33. The molecule has 0 spiro atoms. The smallest absolute Gasteiger partial charge is 0.300 e. The third-order valence-electron chi connectivity index (χ3n) is 6.25. The molecule has 1 atom stereocenters. The Kier molecular flexibility index (Phi) is 6.20. The van der Waals surface area contributed by atoms with Crippen LogP contribution in [-0.4, -0.2) is 28.5 Å². The summed E-state index contributed by atoms with van der Waals surface area (Å²) < 4.78 is 7.11. The fraction of sp³-hybridized carbons (Fsp3) is 0.111. The standard InChI is InChI=1S/C27H19Cl3N2O4/c1-31-13-18(17-5-3-4-6-21(17)31)23-22(24(33)14-11-19(29)26(36-2)20(30)12-14)25(34)27(35)32(23)16-9-7-15(28)8-10-16/h3-13,23,33H,1-2H3/b24-22+. The number of aliphatic hydroxyl groups is 1. The van der Waals surface area contributed by atoms with E-state index in [1.807, 2.05) is 42.1 Å². The topological polar surface area (TPSA) is 71.8 Å². The summed E-state index contributed by atoms with van der Waals surface area (Å²) in [6.07, 6.45) is 1.85. The average molecular weight is 542 g/mol. The normalized spacial score (nSPS) is 17.2. The number of ketones is 1.